The molecule has 3 amide bonds. The van der Waals surface area contributed by atoms with Crippen molar-refractivity contribution < 1.29 is 28.3 Å². The van der Waals surface area contributed by atoms with Gasteiger partial charge in [0, 0.05) is 18.1 Å². The summed E-state index contributed by atoms with van der Waals surface area (Å²) in [6, 6.07) is 3.95. The Bertz CT molecular complexity index is 1010. The third kappa shape index (κ3) is 9.47. The largest absolute Gasteiger partial charge is 0.445 e. The van der Waals surface area contributed by atoms with E-state index in [1.807, 2.05) is 0 Å². The van der Waals surface area contributed by atoms with Crippen LogP contribution in [0.5, 0.6) is 0 Å². The summed E-state index contributed by atoms with van der Waals surface area (Å²) < 4.78 is 18.4. The average Bonchev–Trinajstić information content (AvgIpc) is 3.37. The van der Waals surface area contributed by atoms with Crippen molar-refractivity contribution in [3.8, 4) is 0 Å². The fourth-order valence-corrected chi connectivity index (χ4v) is 4.36. The maximum atomic E-state index is 13.4. The lowest BCUT2D eigenvalue weighted by Gasteiger charge is -2.31. The van der Waals surface area contributed by atoms with Crippen LogP contribution < -0.4 is 21.7 Å². The van der Waals surface area contributed by atoms with Crippen LogP contribution in [-0.4, -0.2) is 72.4 Å². The molecule has 1 unspecified atom stereocenters. The maximum Gasteiger partial charge on any atom is 0.408 e. The molecular weight excluding hydrogens is 519 g/mol. The Kier molecular flexibility index (Phi) is 12.3. The summed E-state index contributed by atoms with van der Waals surface area (Å²) in [5, 5.41) is 15.4. The number of nitrogens with one attached hydrogen (secondary N) is 4. The monoisotopic (exact) mass is 554 g/mol. The third-order valence-electron chi connectivity index (χ3n) is 6.13. The Morgan fingerprint density at radius 3 is 2.63 bits per heavy atom. The topological polar surface area (TPSA) is 167 Å². The van der Waals surface area contributed by atoms with Crippen LogP contribution in [0.1, 0.15) is 45.1 Å². The number of likely N-dealkylation sites (tertiary alicyclic amines) is 1. The quantitative estimate of drug-likeness (QED) is 0.141. The van der Waals surface area contributed by atoms with Crippen LogP contribution in [0.3, 0.4) is 0 Å². The van der Waals surface area contributed by atoms with Crippen LogP contribution in [0.15, 0.2) is 24.3 Å². The number of benzene rings is 1. The van der Waals surface area contributed by atoms with Gasteiger partial charge in [-0.2, -0.15) is 0 Å². The highest BCUT2D eigenvalue weighted by molar-refractivity contribution is 6.30. The minimum atomic E-state index is -1.24. The zero-order chi connectivity index (χ0) is 28.2. The van der Waals surface area contributed by atoms with Crippen molar-refractivity contribution in [1.29, 1.82) is 5.41 Å². The van der Waals surface area contributed by atoms with E-state index in [4.69, 9.17) is 27.5 Å². The van der Waals surface area contributed by atoms with Crippen LogP contribution in [-0.2, 0) is 25.7 Å². The summed E-state index contributed by atoms with van der Waals surface area (Å²) in [4.78, 5) is 52.4. The number of alkyl carbamates (subject to hydrolysis) is 1. The van der Waals surface area contributed by atoms with Crippen molar-refractivity contribution in [1.82, 2.24) is 20.9 Å². The Balaban J connectivity index is 2.01. The minimum Gasteiger partial charge on any atom is -0.445 e. The van der Waals surface area contributed by atoms with Gasteiger partial charge in [-0.05, 0) is 49.3 Å². The number of Topliss-reactive ketones (excluding diaryl/α,β-unsaturated/α-hetero) is 1. The first-order valence-electron chi connectivity index (χ1n) is 12.5. The van der Waals surface area contributed by atoms with Crippen LogP contribution in [0.25, 0.3) is 0 Å². The zero-order valence-electron chi connectivity index (χ0n) is 21.6. The highest BCUT2D eigenvalue weighted by atomic mass is 35.5. The molecule has 1 aromatic rings. The van der Waals surface area contributed by atoms with Gasteiger partial charge in [-0.15, -0.1) is 0 Å². The molecule has 0 bridgehead atoms. The summed E-state index contributed by atoms with van der Waals surface area (Å²) in [6.07, 6.45) is 0.636. The maximum absolute atomic E-state index is 13.4. The lowest BCUT2D eigenvalue weighted by atomic mass is 10.0. The van der Waals surface area contributed by atoms with Crippen molar-refractivity contribution in [2.75, 3.05) is 19.8 Å². The van der Waals surface area contributed by atoms with Crippen LogP contribution in [0.4, 0.5) is 9.18 Å². The van der Waals surface area contributed by atoms with Crippen molar-refractivity contribution in [2.45, 2.75) is 64.3 Å². The van der Waals surface area contributed by atoms with E-state index in [2.05, 4.69) is 16.0 Å². The van der Waals surface area contributed by atoms with Crippen LogP contribution in [0.2, 0.25) is 5.02 Å². The van der Waals surface area contributed by atoms with Crippen molar-refractivity contribution in [3.05, 3.63) is 34.9 Å². The second-order valence-electron chi connectivity index (χ2n) is 9.41. The van der Waals surface area contributed by atoms with E-state index >= 15 is 0 Å². The Morgan fingerprint density at radius 2 is 2.00 bits per heavy atom. The van der Waals surface area contributed by atoms with Crippen LogP contribution >= 0.6 is 11.6 Å². The highest BCUT2D eigenvalue weighted by Gasteiger charge is 2.39. The molecule has 210 valence electrons. The molecule has 1 heterocycles. The minimum absolute atomic E-state index is 0.0356. The molecule has 0 saturated carbocycles. The fourth-order valence-electron chi connectivity index (χ4n) is 4.14. The number of hydrogen-bond donors (Lipinski definition) is 5. The molecule has 13 heteroatoms. The van der Waals surface area contributed by atoms with E-state index in [9.17, 15) is 23.6 Å². The summed E-state index contributed by atoms with van der Waals surface area (Å²) in [6.45, 7) is 2.82. The van der Waals surface area contributed by atoms with Gasteiger partial charge in [0.2, 0.25) is 11.8 Å². The third-order valence-corrected chi connectivity index (χ3v) is 6.36. The second-order valence-corrected chi connectivity index (χ2v) is 9.84. The lowest BCUT2D eigenvalue weighted by molar-refractivity contribution is -0.141. The number of alkyl halides is 1. The van der Waals surface area contributed by atoms with E-state index in [-0.39, 0.29) is 31.4 Å². The van der Waals surface area contributed by atoms with Gasteiger partial charge in [-0.1, -0.05) is 37.6 Å². The number of amides is 3. The number of nitrogens with zero attached hydrogens (tertiary/aromatic N) is 1. The molecule has 6 N–H and O–H groups in total. The molecule has 0 radical (unpaired) electrons. The van der Waals surface area contributed by atoms with Gasteiger partial charge in [-0.25, -0.2) is 9.18 Å². The summed E-state index contributed by atoms with van der Waals surface area (Å²) in [5.74, 6) is -2.32. The number of guanidine groups is 1. The molecule has 1 aliphatic rings. The van der Waals surface area contributed by atoms with Gasteiger partial charge in [-0.3, -0.25) is 19.8 Å². The van der Waals surface area contributed by atoms with Gasteiger partial charge in [0.15, 0.2) is 11.7 Å². The van der Waals surface area contributed by atoms with Gasteiger partial charge < -0.3 is 31.3 Å². The summed E-state index contributed by atoms with van der Waals surface area (Å²) in [5.41, 5.74) is 5.91. The molecule has 0 aliphatic carbocycles. The fraction of sp³-hybridized carbons (Fsp3) is 0.560. The first-order chi connectivity index (χ1) is 18.0. The smallest absolute Gasteiger partial charge is 0.408 e. The molecule has 0 spiro atoms. The molecule has 1 aliphatic heterocycles. The molecule has 1 saturated heterocycles. The molecule has 1 aromatic carbocycles. The van der Waals surface area contributed by atoms with Crippen LogP contribution in [0, 0.1) is 11.3 Å². The number of hydrogen-bond acceptors (Lipinski definition) is 6. The van der Waals surface area contributed by atoms with E-state index in [0.717, 1.165) is 0 Å². The normalized spacial score (nSPS) is 16.4. The predicted octanol–water partition coefficient (Wildman–Crippen LogP) is 1.87. The number of carbonyl (C=O) groups excluding carboxylic acids is 4. The molecule has 2 rings (SSSR count). The summed E-state index contributed by atoms with van der Waals surface area (Å²) >= 11 is 5.95. The number of nitrogens with two attached hydrogens (primary N) is 1. The van der Waals surface area contributed by atoms with E-state index in [1.165, 1.54) is 4.90 Å². The average molecular weight is 555 g/mol. The predicted molar refractivity (Wildman–Crippen MR) is 140 cm³/mol. The molecule has 1 fully saturated rings. The first kappa shape index (κ1) is 30.8. The summed E-state index contributed by atoms with van der Waals surface area (Å²) in [7, 11) is 0. The standard InChI is InChI=1S/C25H36ClFN6O5/c1-15(2)21(32-25(37)38-14-16-6-3-7-17(26)12-16)23(36)33-11-5-9-19(33)22(35)31-18(20(34)13-27)8-4-10-30-24(28)29/h3,6-7,12,15,18-19,21H,4-5,8-11,13-14H2,1-2H3,(H,31,35)(H,32,37)(H4,28,29,30)/t18-,19-,21?/m0/s1. The SMILES string of the molecule is CC(C)C(NC(=O)OCc1cccc(Cl)c1)C(=O)N1CCC[C@H]1C(=O)N[C@@H](CCCNC(=N)N)C(=O)CF. The number of halogens is 2. The molecule has 3 atom stereocenters. The van der Waals surface area contributed by atoms with Crippen molar-refractivity contribution >= 4 is 41.3 Å². The molecular formula is C25H36ClFN6O5. The van der Waals surface area contributed by atoms with Gasteiger partial charge >= 0.3 is 6.09 Å². The number of rotatable bonds is 13. The molecule has 11 nitrogen and oxygen atoms in total. The number of ketones is 1. The zero-order valence-corrected chi connectivity index (χ0v) is 22.4. The number of carbonyl (C=O) groups is 4. The van der Waals surface area contributed by atoms with E-state index < -0.39 is 48.5 Å². The van der Waals surface area contributed by atoms with E-state index in [0.29, 0.717) is 36.4 Å². The van der Waals surface area contributed by atoms with Crippen molar-refractivity contribution in [3.63, 3.8) is 0 Å². The van der Waals surface area contributed by atoms with Gasteiger partial charge in [0.05, 0.1) is 6.04 Å². The van der Waals surface area contributed by atoms with E-state index in [1.54, 1.807) is 38.1 Å². The molecule has 0 aromatic heterocycles. The lowest BCUT2D eigenvalue weighted by Crippen LogP contribution is -2.56. The Morgan fingerprint density at radius 1 is 1.26 bits per heavy atom. The first-order valence-corrected chi connectivity index (χ1v) is 12.9. The second kappa shape index (κ2) is 15.1. The van der Waals surface area contributed by atoms with Gasteiger partial charge in [0.25, 0.3) is 0 Å². The Hall–Kier alpha value is -3.41. The van der Waals surface area contributed by atoms with Crippen molar-refractivity contribution in [2.24, 2.45) is 11.7 Å². The van der Waals surface area contributed by atoms with Gasteiger partial charge in [0.1, 0.15) is 25.4 Å². The Labute approximate surface area is 226 Å². The highest BCUT2D eigenvalue weighted by Crippen LogP contribution is 2.21. The molecule has 38 heavy (non-hydrogen) atoms. The number of ether oxygens (including phenoxy) is 1.